The van der Waals surface area contributed by atoms with Crippen molar-refractivity contribution in [1.82, 2.24) is 4.98 Å². The summed E-state index contributed by atoms with van der Waals surface area (Å²) in [6.45, 7) is 0. The van der Waals surface area contributed by atoms with Crippen molar-refractivity contribution in [2.45, 2.75) is 4.90 Å². The number of hydrogen-bond acceptors (Lipinski definition) is 4. The number of benzene rings is 2. The highest BCUT2D eigenvalue weighted by Gasteiger charge is 2.23. The number of carbonyl (C=O) groups is 1. The number of pyridine rings is 1. The molecule has 2 aromatic carbocycles. The second kappa shape index (κ2) is 6.30. The Labute approximate surface area is 146 Å². The van der Waals surface area contributed by atoms with Gasteiger partial charge in [0.05, 0.1) is 16.1 Å². The predicted molar refractivity (Wildman–Crippen MR) is 90.9 cm³/mol. The van der Waals surface area contributed by atoms with Crippen LogP contribution in [0.2, 0.25) is 5.02 Å². The van der Waals surface area contributed by atoms with Gasteiger partial charge in [0.25, 0.3) is 10.0 Å². The summed E-state index contributed by atoms with van der Waals surface area (Å²) >= 11 is 5.63. The molecule has 6 nitrogen and oxygen atoms in total. The molecule has 0 spiro atoms. The summed E-state index contributed by atoms with van der Waals surface area (Å²) in [6, 6.07) is 9.39. The zero-order valence-corrected chi connectivity index (χ0v) is 14.0. The van der Waals surface area contributed by atoms with Gasteiger partial charge < -0.3 is 5.11 Å². The molecule has 0 fully saturated rings. The minimum absolute atomic E-state index is 0.187. The van der Waals surface area contributed by atoms with Crippen molar-refractivity contribution < 1.29 is 22.7 Å². The SMILES string of the molecule is O=C(O)c1cc(S(=O)(=O)Nc2ccc3ncccc3c2)c(F)cc1Cl. The van der Waals surface area contributed by atoms with E-state index in [4.69, 9.17) is 16.7 Å². The number of anilines is 1. The summed E-state index contributed by atoms with van der Waals surface area (Å²) in [6.07, 6.45) is 1.60. The summed E-state index contributed by atoms with van der Waals surface area (Å²) in [7, 11) is -4.35. The Morgan fingerprint density at radius 2 is 1.96 bits per heavy atom. The first-order valence-corrected chi connectivity index (χ1v) is 8.74. The zero-order chi connectivity index (χ0) is 18.2. The Morgan fingerprint density at radius 3 is 2.68 bits per heavy atom. The number of rotatable bonds is 4. The fourth-order valence-corrected chi connectivity index (χ4v) is 3.62. The number of nitrogens with one attached hydrogen (secondary N) is 1. The third kappa shape index (κ3) is 3.40. The Hall–Kier alpha value is -2.71. The van der Waals surface area contributed by atoms with Crippen LogP contribution in [0.3, 0.4) is 0 Å². The molecule has 9 heteroatoms. The number of sulfonamides is 1. The molecule has 0 saturated carbocycles. The average Bonchev–Trinajstić information content (AvgIpc) is 2.53. The maximum atomic E-state index is 14.0. The van der Waals surface area contributed by atoms with Crippen LogP contribution in [0, 0.1) is 5.82 Å². The van der Waals surface area contributed by atoms with Crippen LogP contribution in [0.25, 0.3) is 10.9 Å². The van der Waals surface area contributed by atoms with Gasteiger partial charge in [-0.05, 0) is 36.4 Å². The van der Waals surface area contributed by atoms with Crippen LogP contribution in [0.15, 0.2) is 53.6 Å². The lowest BCUT2D eigenvalue weighted by Crippen LogP contribution is -2.16. The lowest BCUT2D eigenvalue weighted by atomic mass is 10.2. The summed E-state index contributed by atoms with van der Waals surface area (Å²) < 4.78 is 41.1. The first-order valence-electron chi connectivity index (χ1n) is 6.88. The number of hydrogen-bond donors (Lipinski definition) is 2. The van der Waals surface area contributed by atoms with Gasteiger partial charge in [-0.25, -0.2) is 17.6 Å². The maximum Gasteiger partial charge on any atom is 0.337 e. The summed E-state index contributed by atoms with van der Waals surface area (Å²) in [5.41, 5.74) is 0.342. The van der Waals surface area contributed by atoms with E-state index in [1.807, 2.05) is 0 Å². The molecule has 0 aliphatic carbocycles. The van der Waals surface area contributed by atoms with Crippen molar-refractivity contribution in [1.29, 1.82) is 0 Å². The molecule has 1 aromatic heterocycles. The molecule has 0 bridgehead atoms. The Balaban J connectivity index is 2.04. The monoisotopic (exact) mass is 380 g/mol. The molecule has 0 unspecified atom stereocenters. The van der Waals surface area contributed by atoms with Gasteiger partial charge in [-0.3, -0.25) is 9.71 Å². The van der Waals surface area contributed by atoms with Crippen molar-refractivity contribution in [3.63, 3.8) is 0 Å². The van der Waals surface area contributed by atoms with E-state index in [0.717, 1.165) is 0 Å². The van der Waals surface area contributed by atoms with Crippen LogP contribution in [-0.2, 0) is 10.0 Å². The fraction of sp³-hybridized carbons (Fsp3) is 0. The summed E-state index contributed by atoms with van der Waals surface area (Å²) in [5, 5.41) is 9.32. The van der Waals surface area contributed by atoms with E-state index < -0.39 is 32.3 Å². The molecule has 25 heavy (non-hydrogen) atoms. The van der Waals surface area contributed by atoms with Gasteiger partial charge >= 0.3 is 5.97 Å². The molecule has 0 saturated heterocycles. The fourth-order valence-electron chi connectivity index (χ4n) is 2.25. The van der Waals surface area contributed by atoms with E-state index in [2.05, 4.69) is 9.71 Å². The van der Waals surface area contributed by atoms with Crippen LogP contribution >= 0.6 is 11.6 Å². The molecule has 1 heterocycles. The van der Waals surface area contributed by atoms with E-state index in [-0.39, 0.29) is 10.7 Å². The number of carboxylic acid groups (broad SMARTS) is 1. The smallest absolute Gasteiger partial charge is 0.337 e. The predicted octanol–water partition coefficient (Wildman–Crippen LogP) is 3.53. The maximum absolute atomic E-state index is 14.0. The molecular formula is C16H10ClFN2O4S. The lowest BCUT2D eigenvalue weighted by molar-refractivity contribution is 0.0696. The van der Waals surface area contributed by atoms with Crippen molar-refractivity contribution in [2.75, 3.05) is 4.72 Å². The molecule has 3 aromatic rings. The topological polar surface area (TPSA) is 96.4 Å². The molecule has 0 radical (unpaired) electrons. The summed E-state index contributed by atoms with van der Waals surface area (Å²) in [5.74, 6) is -2.61. The van der Waals surface area contributed by atoms with Crippen molar-refractivity contribution >= 4 is 44.2 Å². The Kier molecular flexibility index (Phi) is 4.32. The van der Waals surface area contributed by atoms with Gasteiger partial charge in [-0.15, -0.1) is 0 Å². The molecular weight excluding hydrogens is 371 g/mol. The lowest BCUT2D eigenvalue weighted by Gasteiger charge is -2.11. The van der Waals surface area contributed by atoms with Gasteiger partial charge in [-0.1, -0.05) is 17.7 Å². The number of aromatic carboxylic acids is 1. The number of carboxylic acids is 1. The third-order valence-electron chi connectivity index (χ3n) is 3.40. The van der Waals surface area contributed by atoms with E-state index in [1.54, 1.807) is 24.4 Å². The number of nitrogens with zero attached hydrogens (tertiary/aromatic N) is 1. The number of halogens is 2. The molecule has 3 rings (SSSR count). The zero-order valence-electron chi connectivity index (χ0n) is 12.4. The van der Waals surface area contributed by atoms with E-state index in [9.17, 15) is 17.6 Å². The molecule has 0 amide bonds. The third-order valence-corrected chi connectivity index (χ3v) is 5.11. The first kappa shape index (κ1) is 17.1. The van der Waals surface area contributed by atoms with Crippen molar-refractivity contribution in [2.24, 2.45) is 0 Å². The second-order valence-electron chi connectivity index (χ2n) is 5.08. The minimum Gasteiger partial charge on any atom is -0.478 e. The van der Waals surface area contributed by atoms with Crippen LogP contribution in [0.1, 0.15) is 10.4 Å². The van der Waals surface area contributed by atoms with Gasteiger partial charge in [-0.2, -0.15) is 0 Å². The highest BCUT2D eigenvalue weighted by molar-refractivity contribution is 7.92. The highest BCUT2D eigenvalue weighted by Crippen LogP contribution is 2.26. The normalized spacial score (nSPS) is 11.4. The number of aromatic nitrogens is 1. The first-order chi connectivity index (χ1) is 11.8. The van der Waals surface area contributed by atoms with E-state index >= 15 is 0 Å². The van der Waals surface area contributed by atoms with Crippen molar-refractivity contribution in [3.05, 3.63) is 65.1 Å². The molecule has 0 aliphatic heterocycles. The van der Waals surface area contributed by atoms with Gasteiger partial charge in [0.15, 0.2) is 0 Å². The van der Waals surface area contributed by atoms with Crippen LogP contribution in [-0.4, -0.2) is 24.5 Å². The second-order valence-corrected chi connectivity index (χ2v) is 7.14. The van der Waals surface area contributed by atoms with Crippen molar-refractivity contribution in [3.8, 4) is 0 Å². The van der Waals surface area contributed by atoms with Gasteiger partial charge in [0.1, 0.15) is 10.7 Å². The largest absolute Gasteiger partial charge is 0.478 e. The average molecular weight is 381 g/mol. The Morgan fingerprint density at radius 1 is 1.20 bits per heavy atom. The molecule has 2 N–H and O–H groups in total. The van der Waals surface area contributed by atoms with Crippen LogP contribution in [0.4, 0.5) is 10.1 Å². The van der Waals surface area contributed by atoms with E-state index in [0.29, 0.717) is 23.0 Å². The number of fused-ring (bicyclic) bond motifs is 1. The minimum atomic E-state index is -4.35. The van der Waals surface area contributed by atoms with Gasteiger partial charge in [0, 0.05) is 17.3 Å². The van der Waals surface area contributed by atoms with Gasteiger partial charge in [0.2, 0.25) is 0 Å². The molecule has 0 atom stereocenters. The van der Waals surface area contributed by atoms with E-state index in [1.165, 1.54) is 12.1 Å². The molecule has 128 valence electrons. The molecule has 0 aliphatic rings. The Bertz CT molecular complexity index is 1100. The van der Waals surface area contributed by atoms with Crippen LogP contribution < -0.4 is 4.72 Å². The highest BCUT2D eigenvalue weighted by atomic mass is 35.5. The summed E-state index contributed by atoms with van der Waals surface area (Å²) in [4.78, 5) is 14.4. The quantitative estimate of drug-likeness (QED) is 0.721. The van der Waals surface area contributed by atoms with Crippen LogP contribution in [0.5, 0.6) is 0 Å². The standard InChI is InChI=1S/C16H10ClFN2O4S/c17-12-8-13(18)15(7-11(12)16(21)22)25(23,24)20-10-3-4-14-9(6-10)2-1-5-19-14/h1-8,20H,(H,21,22).